The van der Waals surface area contributed by atoms with Gasteiger partial charge in [-0.25, -0.2) is 8.42 Å². The van der Waals surface area contributed by atoms with Crippen LogP contribution in [0.3, 0.4) is 0 Å². The van der Waals surface area contributed by atoms with Crippen LogP contribution >= 0.6 is 0 Å². The molecule has 1 aromatic heterocycles. The highest BCUT2D eigenvalue weighted by atomic mass is 32.2. The molecule has 1 aromatic carbocycles. The van der Waals surface area contributed by atoms with E-state index in [1.165, 1.54) is 0 Å². The Morgan fingerprint density at radius 3 is 2.00 bits per heavy atom. The van der Waals surface area contributed by atoms with E-state index >= 15 is 0 Å². The van der Waals surface area contributed by atoms with Gasteiger partial charge in [-0.15, -0.1) is 5.10 Å². The maximum Gasteiger partial charge on any atom is 0.335 e. The van der Waals surface area contributed by atoms with Crippen molar-refractivity contribution < 1.29 is 31.8 Å². The third-order valence-corrected chi connectivity index (χ3v) is 4.13. The molecule has 0 aliphatic heterocycles. The molecule has 0 saturated heterocycles. The van der Waals surface area contributed by atoms with E-state index in [1.807, 2.05) is 0 Å². The maximum atomic E-state index is 11.4. The Morgan fingerprint density at radius 1 is 0.893 bits per heavy atom. The highest BCUT2D eigenvalue weighted by Crippen LogP contribution is 2.22. The molecule has 0 aliphatic rings. The van der Waals surface area contributed by atoms with Gasteiger partial charge >= 0.3 is 5.22 Å². The van der Waals surface area contributed by atoms with Crippen LogP contribution in [0.4, 0.5) is 0 Å². The minimum atomic E-state index is -3.53. The summed E-state index contributed by atoms with van der Waals surface area (Å²) >= 11 is 0. The Morgan fingerprint density at radius 2 is 1.46 bits per heavy atom. The van der Waals surface area contributed by atoms with Crippen LogP contribution in [0.2, 0.25) is 0 Å². The van der Waals surface area contributed by atoms with Crippen LogP contribution in [0, 0.1) is 0 Å². The Kier molecular flexibility index (Phi) is 9.31. The molecule has 28 heavy (non-hydrogen) atoms. The standard InChI is InChI=1S/C17H25N3O7S/c1-28(21,22)17-20-19-16(27-17)14-2-4-15(5-3-14)26-13-12-25-11-10-24-9-8-23-7-6-18/h2-5H,6-13,18H2,1H3. The number of benzene rings is 1. The molecule has 0 bridgehead atoms. The molecule has 11 heteroatoms. The number of nitrogens with zero attached hydrogens (tertiary/aromatic N) is 2. The first-order valence-corrected chi connectivity index (χ1v) is 10.6. The van der Waals surface area contributed by atoms with Crippen molar-refractivity contribution in [2.45, 2.75) is 5.22 Å². The number of aromatic nitrogens is 2. The summed E-state index contributed by atoms with van der Waals surface area (Å²) in [5, 5.41) is 6.84. The van der Waals surface area contributed by atoms with Gasteiger partial charge in [0.05, 0.1) is 39.6 Å². The fraction of sp³-hybridized carbons (Fsp3) is 0.529. The number of ether oxygens (including phenoxy) is 4. The molecule has 10 nitrogen and oxygen atoms in total. The van der Waals surface area contributed by atoms with E-state index in [9.17, 15) is 8.42 Å². The van der Waals surface area contributed by atoms with Gasteiger partial charge in [0.1, 0.15) is 12.4 Å². The van der Waals surface area contributed by atoms with Crippen molar-refractivity contribution in [3.63, 3.8) is 0 Å². The maximum absolute atomic E-state index is 11.4. The van der Waals surface area contributed by atoms with Crippen molar-refractivity contribution >= 4 is 9.84 Å². The van der Waals surface area contributed by atoms with Gasteiger partial charge in [0.25, 0.3) is 0 Å². The van der Waals surface area contributed by atoms with Crippen LogP contribution in [0.15, 0.2) is 33.9 Å². The van der Waals surface area contributed by atoms with Gasteiger partial charge in [0.15, 0.2) is 0 Å². The van der Waals surface area contributed by atoms with Crippen LogP contribution in [0.25, 0.3) is 11.5 Å². The van der Waals surface area contributed by atoms with Crippen molar-refractivity contribution in [1.82, 2.24) is 10.2 Å². The molecule has 0 aliphatic carbocycles. The summed E-state index contributed by atoms with van der Waals surface area (Å²) in [6.45, 7) is 3.85. The number of rotatable bonds is 14. The number of hydrogen-bond acceptors (Lipinski definition) is 10. The predicted molar refractivity (Wildman–Crippen MR) is 99.9 cm³/mol. The summed E-state index contributed by atoms with van der Waals surface area (Å²) in [5.74, 6) is 0.771. The molecule has 0 radical (unpaired) electrons. The molecule has 2 rings (SSSR count). The van der Waals surface area contributed by atoms with Crippen LogP contribution in [-0.4, -0.2) is 77.7 Å². The Hall–Kier alpha value is -2.05. The molecule has 2 N–H and O–H groups in total. The van der Waals surface area contributed by atoms with Crippen LogP contribution < -0.4 is 10.5 Å². The quantitative estimate of drug-likeness (QED) is 0.435. The van der Waals surface area contributed by atoms with Crippen LogP contribution in [0.1, 0.15) is 0 Å². The van der Waals surface area contributed by atoms with E-state index in [0.29, 0.717) is 64.1 Å². The Bertz CT molecular complexity index is 793. The van der Waals surface area contributed by atoms with E-state index in [1.54, 1.807) is 24.3 Å². The zero-order valence-corrected chi connectivity index (χ0v) is 16.5. The molecule has 156 valence electrons. The van der Waals surface area contributed by atoms with Gasteiger partial charge in [-0.1, -0.05) is 5.10 Å². The number of nitrogens with two attached hydrogens (primary N) is 1. The fourth-order valence-electron chi connectivity index (χ4n) is 2.01. The van der Waals surface area contributed by atoms with Gasteiger partial charge in [-0.3, -0.25) is 0 Å². The van der Waals surface area contributed by atoms with Crippen molar-refractivity contribution in [2.24, 2.45) is 5.73 Å². The van der Waals surface area contributed by atoms with Gasteiger partial charge < -0.3 is 29.1 Å². The molecule has 2 aromatic rings. The molecule has 0 saturated carbocycles. The van der Waals surface area contributed by atoms with E-state index in [2.05, 4.69) is 10.2 Å². The van der Waals surface area contributed by atoms with Gasteiger partial charge in [0, 0.05) is 18.4 Å². The zero-order valence-electron chi connectivity index (χ0n) is 15.7. The molecular weight excluding hydrogens is 390 g/mol. The van der Waals surface area contributed by atoms with Crippen molar-refractivity contribution in [3.8, 4) is 17.2 Å². The first kappa shape index (κ1) is 22.2. The van der Waals surface area contributed by atoms with Gasteiger partial charge in [-0.05, 0) is 24.3 Å². The largest absolute Gasteiger partial charge is 0.491 e. The van der Waals surface area contributed by atoms with E-state index in [4.69, 9.17) is 29.1 Å². The summed E-state index contributed by atoms with van der Waals surface area (Å²) in [5.41, 5.74) is 5.90. The van der Waals surface area contributed by atoms with Crippen LogP contribution in [0.5, 0.6) is 5.75 Å². The zero-order chi connectivity index (χ0) is 20.2. The minimum Gasteiger partial charge on any atom is -0.491 e. The second kappa shape index (κ2) is 11.7. The molecule has 0 atom stereocenters. The SMILES string of the molecule is CS(=O)(=O)c1nnc(-c2ccc(OCCOCCOCCOCCN)cc2)o1. The molecule has 1 heterocycles. The average Bonchev–Trinajstić information content (AvgIpc) is 3.17. The Balaban J connectivity index is 1.61. The topological polar surface area (TPSA) is 136 Å². The summed E-state index contributed by atoms with van der Waals surface area (Å²) in [6, 6.07) is 6.86. The first-order valence-electron chi connectivity index (χ1n) is 8.71. The van der Waals surface area contributed by atoms with Crippen LogP contribution in [-0.2, 0) is 24.0 Å². The van der Waals surface area contributed by atoms with Crippen molar-refractivity contribution in [3.05, 3.63) is 24.3 Å². The van der Waals surface area contributed by atoms with E-state index < -0.39 is 15.1 Å². The lowest BCUT2D eigenvalue weighted by Gasteiger charge is -2.08. The highest BCUT2D eigenvalue weighted by Gasteiger charge is 2.17. The Labute approximate surface area is 163 Å². The second-order valence-electron chi connectivity index (χ2n) is 5.64. The molecule has 0 spiro atoms. The molecule has 0 amide bonds. The lowest BCUT2D eigenvalue weighted by atomic mass is 10.2. The molecular formula is C17H25N3O7S. The van der Waals surface area contributed by atoms with Gasteiger partial charge in [-0.2, -0.15) is 0 Å². The monoisotopic (exact) mass is 415 g/mol. The fourth-order valence-corrected chi connectivity index (χ4v) is 2.43. The molecule has 0 fully saturated rings. The van der Waals surface area contributed by atoms with E-state index in [-0.39, 0.29) is 5.89 Å². The number of sulfone groups is 1. The van der Waals surface area contributed by atoms with Crippen molar-refractivity contribution in [2.75, 3.05) is 59.0 Å². The number of hydrogen-bond donors (Lipinski definition) is 1. The van der Waals surface area contributed by atoms with Crippen molar-refractivity contribution in [1.29, 1.82) is 0 Å². The highest BCUT2D eigenvalue weighted by molar-refractivity contribution is 7.90. The molecule has 0 unspecified atom stereocenters. The van der Waals surface area contributed by atoms with E-state index in [0.717, 1.165) is 6.26 Å². The smallest absolute Gasteiger partial charge is 0.335 e. The summed E-state index contributed by atoms with van der Waals surface area (Å²) in [7, 11) is -3.53. The second-order valence-corrected chi connectivity index (χ2v) is 7.54. The predicted octanol–water partition coefficient (Wildman–Crippen LogP) is 0.527. The lowest BCUT2D eigenvalue weighted by molar-refractivity contribution is 0.0106. The summed E-state index contributed by atoms with van der Waals surface area (Å²) in [6.07, 6.45) is 1.01. The minimum absolute atomic E-state index is 0.128. The lowest BCUT2D eigenvalue weighted by Crippen LogP contribution is -2.14. The third-order valence-electron chi connectivity index (χ3n) is 3.33. The van der Waals surface area contributed by atoms with Gasteiger partial charge in [0.2, 0.25) is 15.7 Å². The first-order chi connectivity index (χ1) is 13.5. The normalized spacial score (nSPS) is 11.6. The summed E-state index contributed by atoms with van der Waals surface area (Å²) < 4.78 is 49.4. The third kappa shape index (κ3) is 7.90. The average molecular weight is 415 g/mol. The summed E-state index contributed by atoms with van der Waals surface area (Å²) in [4.78, 5) is 0.